The van der Waals surface area contributed by atoms with Crippen LogP contribution in [0.3, 0.4) is 0 Å². The highest BCUT2D eigenvalue weighted by Crippen LogP contribution is 2.24. The molecule has 0 fully saturated rings. The quantitative estimate of drug-likeness (QED) is 0.611. The minimum atomic E-state index is -0.0328. The van der Waals surface area contributed by atoms with Crippen molar-refractivity contribution < 1.29 is 4.79 Å². The Morgan fingerprint density at radius 1 is 0.913 bits per heavy atom. The molecule has 120 valence electrons. The van der Waals surface area contributed by atoms with E-state index in [1.807, 2.05) is 0 Å². The number of hydrogen-bond donors (Lipinski definition) is 1. The monoisotopic (exact) mass is 307 g/mol. The fourth-order valence-corrected chi connectivity index (χ4v) is 2.37. The first-order chi connectivity index (χ1) is 11.1. The lowest BCUT2D eigenvalue weighted by Crippen LogP contribution is -2.22. The molecule has 0 aromatic heterocycles. The predicted molar refractivity (Wildman–Crippen MR) is 97.4 cm³/mol. The molecule has 2 aromatic carbocycles. The molecule has 2 aromatic rings. The Morgan fingerprint density at radius 3 is 1.83 bits per heavy atom. The SMILES string of the molecule is CCCCNC(=O)C=C(c1ccc(C)cc1)c1ccc(C)cc1. The van der Waals surface area contributed by atoms with Gasteiger partial charge in [-0.2, -0.15) is 0 Å². The summed E-state index contributed by atoms with van der Waals surface area (Å²) in [6, 6.07) is 16.6. The van der Waals surface area contributed by atoms with E-state index in [-0.39, 0.29) is 5.91 Å². The van der Waals surface area contributed by atoms with Crippen LogP contribution < -0.4 is 5.32 Å². The van der Waals surface area contributed by atoms with Crippen LogP contribution in [0.25, 0.3) is 5.57 Å². The summed E-state index contributed by atoms with van der Waals surface area (Å²) in [5, 5.41) is 2.96. The first-order valence-corrected chi connectivity index (χ1v) is 8.23. The Balaban J connectivity index is 2.32. The fourth-order valence-electron chi connectivity index (χ4n) is 2.37. The Hall–Kier alpha value is -2.35. The van der Waals surface area contributed by atoms with Crippen molar-refractivity contribution in [1.29, 1.82) is 0 Å². The summed E-state index contributed by atoms with van der Waals surface area (Å²) in [4.78, 5) is 12.2. The van der Waals surface area contributed by atoms with Crippen LogP contribution in [0.5, 0.6) is 0 Å². The third-order valence-electron chi connectivity index (χ3n) is 3.83. The highest BCUT2D eigenvalue weighted by molar-refractivity contribution is 5.99. The van der Waals surface area contributed by atoms with E-state index in [0.29, 0.717) is 0 Å². The largest absolute Gasteiger partial charge is 0.353 e. The molecule has 0 bridgehead atoms. The molecule has 1 N–H and O–H groups in total. The maximum Gasteiger partial charge on any atom is 0.244 e. The molecule has 2 nitrogen and oxygen atoms in total. The molecular weight excluding hydrogens is 282 g/mol. The predicted octanol–water partition coefficient (Wildman–Crippen LogP) is 4.65. The molecule has 0 spiro atoms. The van der Waals surface area contributed by atoms with Crippen LogP contribution in [0.15, 0.2) is 54.6 Å². The second-order valence-electron chi connectivity index (χ2n) is 5.93. The van der Waals surface area contributed by atoms with Crippen molar-refractivity contribution in [3.63, 3.8) is 0 Å². The fraction of sp³-hybridized carbons (Fsp3) is 0.286. The molecule has 0 atom stereocenters. The van der Waals surface area contributed by atoms with Crippen molar-refractivity contribution in [2.75, 3.05) is 6.54 Å². The Morgan fingerprint density at radius 2 is 1.39 bits per heavy atom. The van der Waals surface area contributed by atoms with Crippen molar-refractivity contribution in [3.8, 4) is 0 Å². The van der Waals surface area contributed by atoms with Crippen molar-refractivity contribution in [1.82, 2.24) is 5.32 Å². The van der Waals surface area contributed by atoms with E-state index < -0.39 is 0 Å². The van der Waals surface area contributed by atoms with Crippen LogP contribution in [0.4, 0.5) is 0 Å². The second kappa shape index (κ2) is 8.33. The molecule has 0 saturated heterocycles. The third-order valence-corrected chi connectivity index (χ3v) is 3.83. The summed E-state index contributed by atoms with van der Waals surface area (Å²) in [6.07, 6.45) is 3.79. The van der Waals surface area contributed by atoms with Gasteiger partial charge in [-0.15, -0.1) is 0 Å². The van der Waals surface area contributed by atoms with Gasteiger partial charge in [-0.25, -0.2) is 0 Å². The number of unbranched alkanes of at least 4 members (excludes halogenated alkanes) is 1. The minimum Gasteiger partial charge on any atom is -0.353 e. The van der Waals surface area contributed by atoms with E-state index in [9.17, 15) is 4.79 Å². The van der Waals surface area contributed by atoms with Crippen LogP contribution in [-0.2, 0) is 4.79 Å². The zero-order chi connectivity index (χ0) is 16.7. The summed E-state index contributed by atoms with van der Waals surface area (Å²) in [7, 11) is 0. The number of hydrogen-bond acceptors (Lipinski definition) is 1. The van der Waals surface area contributed by atoms with Crippen LogP contribution in [-0.4, -0.2) is 12.5 Å². The second-order valence-corrected chi connectivity index (χ2v) is 5.93. The number of carbonyl (C=O) groups excluding carboxylic acids is 1. The number of benzene rings is 2. The molecule has 2 rings (SSSR count). The molecule has 0 heterocycles. The van der Waals surface area contributed by atoms with Crippen molar-refractivity contribution >= 4 is 11.5 Å². The van der Waals surface area contributed by atoms with Crippen LogP contribution in [0.1, 0.15) is 42.0 Å². The van der Waals surface area contributed by atoms with Crippen molar-refractivity contribution in [2.24, 2.45) is 0 Å². The van der Waals surface area contributed by atoms with E-state index in [2.05, 4.69) is 74.6 Å². The zero-order valence-electron chi connectivity index (χ0n) is 14.2. The molecule has 0 aliphatic rings. The lowest BCUT2D eigenvalue weighted by molar-refractivity contribution is -0.116. The van der Waals surface area contributed by atoms with Crippen LogP contribution in [0, 0.1) is 13.8 Å². The van der Waals surface area contributed by atoms with E-state index in [4.69, 9.17) is 0 Å². The molecule has 0 aliphatic heterocycles. The van der Waals surface area contributed by atoms with Crippen LogP contribution in [0.2, 0.25) is 0 Å². The van der Waals surface area contributed by atoms with Crippen LogP contribution >= 0.6 is 0 Å². The van der Waals surface area contributed by atoms with E-state index in [0.717, 1.165) is 36.1 Å². The maximum absolute atomic E-state index is 12.2. The molecular formula is C21H25NO. The lowest BCUT2D eigenvalue weighted by atomic mass is 9.96. The Labute approximate surface area is 139 Å². The number of aryl methyl sites for hydroxylation is 2. The van der Waals surface area contributed by atoms with Gasteiger partial charge in [0.15, 0.2) is 0 Å². The summed E-state index contributed by atoms with van der Waals surface area (Å²) in [5.41, 5.74) is 5.50. The third kappa shape index (κ3) is 5.10. The highest BCUT2D eigenvalue weighted by atomic mass is 16.1. The summed E-state index contributed by atoms with van der Waals surface area (Å²) in [5.74, 6) is -0.0328. The Kier molecular flexibility index (Phi) is 6.16. The maximum atomic E-state index is 12.2. The van der Waals surface area contributed by atoms with Gasteiger partial charge < -0.3 is 5.32 Å². The van der Waals surface area contributed by atoms with Gasteiger partial charge in [-0.05, 0) is 37.0 Å². The van der Waals surface area contributed by atoms with Gasteiger partial charge in [-0.3, -0.25) is 4.79 Å². The topological polar surface area (TPSA) is 29.1 Å². The first-order valence-electron chi connectivity index (χ1n) is 8.23. The molecule has 0 unspecified atom stereocenters. The summed E-state index contributed by atoms with van der Waals surface area (Å²) in [6.45, 7) is 6.97. The summed E-state index contributed by atoms with van der Waals surface area (Å²) >= 11 is 0. The number of rotatable bonds is 6. The number of amides is 1. The van der Waals surface area contributed by atoms with E-state index in [1.165, 1.54) is 11.1 Å². The standard InChI is InChI=1S/C21H25NO/c1-4-5-14-22-21(23)15-20(18-10-6-16(2)7-11-18)19-12-8-17(3)9-13-19/h6-13,15H,4-5,14H2,1-3H3,(H,22,23). The number of carbonyl (C=O) groups is 1. The molecule has 2 heteroatoms. The van der Waals surface area contributed by atoms with Crippen molar-refractivity contribution in [3.05, 3.63) is 76.9 Å². The lowest BCUT2D eigenvalue weighted by Gasteiger charge is -2.10. The van der Waals surface area contributed by atoms with Gasteiger partial charge in [0, 0.05) is 12.6 Å². The van der Waals surface area contributed by atoms with Gasteiger partial charge in [0.1, 0.15) is 0 Å². The average Bonchev–Trinajstić information content (AvgIpc) is 2.55. The Bertz CT molecular complexity index is 618. The van der Waals surface area contributed by atoms with E-state index >= 15 is 0 Å². The first kappa shape index (κ1) is 17.0. The highest BCUT2D eigenvalue weighted by Gasteiger charge is 2.08. The molecule has 0 radical (unpaired) electrons. The molecule has 0 saturated carbocycles. The molecule has 0 aliphatic carbocycles. The molecule has 23 heavy (non-hydrogen) atoms. The van der Waals surface area contributed by atoms with Gasteiger partial charge in [-0.1, -0.05) is 73.0 Å². The minimum absolute atomic E-state index is 0.0328. The average molecular weight is 307 g/mol. The van der Waals surface area contributed by atoms with Gasteiger partial charge in [0.2, 0.25) is 5.91 Å². The molecule has 1 amide bonds. The zero-order valence-corrected chi connectivity index (χ0v) is 14.2. The smallest absolute Gasteiger partial charge is 0.244 e. The normalized spacial score (nSPS) is 10.2. The van der Waals surface area contributed by atoms with Gasteiger partial charge in [0.05, 0.1) is 0 Å². The summed E-state index contributed by atoms with van der Waals surface area (Å²) < 4.78 is 0. The van der Waals surface area contributed by atoms with Gasteiger partial charge in [0.25, 0.3) is 0 Å². The van der Waals surface area contributed by atoms with Gasteiger partial charge >= 0.3 is 0 Å². The number of nitrogens with one attached hydrogen (secondary N) is 1. The van der Waals surface area contributed by atoms with Crippen molar-refractivity contribution in [2.45, 2.75) is 33.6 Å². The van der Waals surface area contributed by atoms with E-state index in [1.54, 1.807) is 6.08 Å².